The Morgan fingerprint density at radius 1 is 1.53 bits per heavy atom. The number of amides is 1. The highest BCUT2D eigenvalue weighted by atomic mass is 32.1. The number of imidazole rings is 1. The van der Waals surface area contributed by atoms with E-state index in [-0.39, 0.29) is 22.9 Å². The molecule has 8 heteroatoms. The van der Waals surface area contributed by atoms with Crippen LogP contribution in [0.1, 0.15) is 22.5 Å². The zero-order valence-electron chi connectivity index (χ0n) is 10.2. The highest BCUT2D eigenvalue weighted by Crippen LogP contribution is 2.24. The van der Waals surface area contributed by atoms with Crippen LogP contribution in [-0.2, 0) is 11.3 Å². The molecule has 0 fully saturated rings. The van der Waals surface area contributed by atoms with Gasteiger partial charge in [0.25, 0.3) is 0 Å². The smallest absolute Gasteiger partial charge is 0.340 e. The predicted molar refractivity (Wildman–Crippen MR) is 69.3 cm³/mol. The zero-order chi connectivity index (χ0) is 13.8. The second-order valence-corrected chi connectivity index (χ2v) is 4.65. The van der Waals surface area contributed by atoms with E-state index in [1.165, 1.54) is 0 Å². The Balaban J connectivity index is 1.97. The number of carboxylic acid groups (broad SMARTS) is 1. The fraction of sp³-hybridized carbons (Fsp3) is 0.273. The van der Waals surface area contributed by atoms with Crippen molar-refractivity contribution >= 4 is 28.4 Å². The molecule has 0 spiro atoms. The van der Waals surface area contributed by atoms with Gasteiger partial charge in [-0.2, -0.15) is 4.37 Å². The molecule has 2 N–H and O–H groups in total. The lowest BCUT2D eigenvalue weighted by Crippen LogP contribution is -2.15. The van der Waals surface area contributed by atoms with Crippen LogP contribution >= 0.6 is 11.5 Å². The normalized spacial score (nSPS) is 10.4. The first-order valence-electron chi connectivity index (χ1n) is 5.53. The standard InChI is InChI=1S/C11H12N4O3S/c1-7-9(11(17)18)10(19-14-7)13-8(16)2-4-15-5-3-12-6-15/h3,5-6H,2,4H2,1H3,(H,13,16)(H,17,18). The maximum absolute atomic E-state index is 11.7. The number of aromatic carboxylic acids is 1. The number of hydrogen-bond donors (Lipinski definition) is 2. The average Bonchev–Trinajstić information content (AvgIpc) is 2.96. The minimum Gasteiger partial charge on any atom is -0.478 e. The maximum atomic E-state index is 11.7. The summed E-state index contributed by atoms with van der Waals surface area (Å²) in [6.07, 6.45) is 5.25. The topological polar surface area (TPSA) is 97.1 Å². The predicted octanol–water partition coefficient (Wildman–Crippen LogP) is 1.38. The fourth-order valence-corrected chi connectivity index (χ4v) is 2.35. The molecule has 0 saturated heterocycles. The van der Waals surface area contributed by atoms with E-state index in [1.54, 1.807) is 30.2 Å². The third kappa shape index (κ3) is 3.16. The van der Waals surface area contributed by atoms with Gasteiger partial charge in [-0.1, -0.05) is 0 Å². The highest BCUT2D eigenvalue weighted by molar-refractivity contribution is 7.11. The minimum absolute atomic E-state index is 0.0565. The molecule has 0 radical (unpaired) electrons. The summed E-state index contributed by atoms with van der Waals surface area (Å²) < 4.78 is 5.71. The Hall–Kier alpha value is -2.22. The molecule has 2 aromatic rings. The Labute approximate surface area is 113 Å². The van der Waals surface area contributed by atoms with Gasteiger partial charge in [0.1, 0.15) is 10.6 Å². The van der Waals surface area contributed by atoms with Crippen molar-refractivity contribution in [2.45, 2.75) is 19.9 Å². The van der Waals surface area contributed by atoms with E-state index < -0.39 is 5.97 Å². The first-order valence-corrected chi connectivity index (χ1v) is 6.30. The number of aryl methyl sites for hydroxylation is 2. The van der Waals surface area contributed by atoms with Crippen LogP contribution in [0.2, 0.25) is 0 Å². The van der Waals surface area contributed by atoms with Crippen LogP contribution in [0, 0.1) is 6.92 Å². The first kappa shape index (κ1) is 13.2. The minimum atomic E-state index is -1.09. The van der Waals surface area contributed by atoms with Crippen molar-refractivity contribution < 1.29 is 14.7 Å². The van der Waals surface area contributed by atoms with Crippen molar-refractivity contribution in [3.63, 3.8) is 0 Å². The number of carbonyl (C=O) groups is 2. The lowest BCUT2D eigenvalue weighted by Gasteiger charge is -2.04. The van der Waals surface area contributed by atoms with Gasteiger partial charge in [-0.15, -0.1) is 0 Å². The van der Waals surface area contributed by atoms with Crippen molar-refractivity contribution in [2.75, 3.05) is 5.32 Å². The number of nitrogens with zero attached hydrogens (tertiary/aromatic N) is 3. The van der Waals surface area contributed by atoms with Crippen LogP contribution in [0.15, 0.2) is 18.7 Å². The quantitative estimate of drug-likeness (QED) is 0.862. The summed E-state index contributed by atoms with van der Waals surface area (Å²) in [6.45, 7) is 2.09. The SMILES string of the molecule is Cc1nsc(NC(=O)CCn2ccnc2)c1C(=O)O. The van der Waals surface area contributed by atoms with E-state index in [2.05, 4.69) is 14.7 Å². The Morgan fingerprint density at radius 2 is 2.32 bits per heavy atom. The lowest BCUT2D eigenvalue weighted by atomic mass is 10.2. The van der Waals surface area contributed by atoms with Gasteiger partial charge in [-0.05, 0) is 18.5 Å². The molecular formula is C11H12N4O3S. The number of carbonyl (C=O) groups excluding carboxylic acids is 1. The van der Waals surface area contributed by atoms with Gasteiger partial charge in [-0.25, -0.2) is 9.78 Å². The van der Waals surface area contributed by atoms with E-state index in [9.17, 15) is 9.59 Å². The van der Waals surface area contributed by atoms with Crippen molar-refractivity contribution in [2.24, 2.45) is 0 Å². The van der Waals surface area contributed by atoms with Crippen LogP contribution in [0.4, 0.5) is 5.00 Å². The summed E-state index contributed by atoms with van der Waals surface area (Å²) >= 11 is 0.974. The third-order valence-corrected chi connectivity index (χ3v) is 3.34. The highest BCUT2D eigenvalue weighted by Gasteiger charge is 2.18. The molecule has 0 bridgehead atoms. The number of nitrogens with one attached hydrogen (secondary N) is 1. The lowest BCUT2D eigenvalue weighted by molar-refractivity contribution is -0.116. The van der Waals surface area contributed by atoms with Gasteiger partial charge >= 0.3 is 5.97 Å². The molecule has 0 atom stereocenters. The largest absolute Gasteiger partial charge is 0.478 e. The van der Waals surface area contributed by atoms with Gasteiger partial charge in [-0.3, -0.25) is 4.79 Å². The number of hydrogen-bond acceptors (Lipinski definition) is 5. The van der Waals surface area contributed by atoms with Crippen LogP contribution in [0.25, 0.3) is 0 Å². The molecule has 19 heavy (non-hydrogen) atoms. The van der Waals surface area contributed by atoms with E-state index in [0.717, 1.165) is 11.5 Å². The first-order chi connectivity index (χ1) is 9.08. The Bertz CT molecular complexity index is 591. The Kier molecular flexibility index (Phi) is 3.91. The third-order valence-electron chi connectivity index (χ3n) is 2.49. The van der Waals surface area contributed by atoms with Crippen LogP contribution in [0.3, 0.4) is 0 Å². The van der Waals surface area contributed by atoms with Gasteiger partial charge in [0.2, 0.25) is 5.91 Å². The van der Waals surface area contributed by atoms with E-state index in [0.29, 0.717) is 12.2 Å². The molecule has 0 aliphatic heterocycles. The second-order valence-electron chi connectivity index (χ2n) is 3.88. The summed E-state index contributed by atoms with van der Waals surface area (Å²) in [5.74, 6) is -1.34. The Morgan fingerprint density at radius 3 is 2.95 bits per heavy atom. The van der Waals surface area contributed by atoms with Crippen molar-refractivity contribution in [3.8, 4) is 0 Å². The number of carboxylic acids is 1. The monoisotopic (exact) mass is 280 g/mol. The van der Waals surface area contributed by atoms with Gasteiger partial charge < -0.3 is 15.0 Å². The van der Waals surface area contributed by atoms with Crippen LogP contribution in [-0.4, -0.2) is 30.9 Å². The molecule has 2 rings (SSSR count). The van der Waals surface area contributed by atoms with E-state index >= 15 is 0 Å². The molecule has 0 aliphatic rings. The maximum Gasteiger partial charge on any atom is 0.340 e. The van der Waals surface area contributed by atoms with Crippen molar-refractivity contribution in [1.29, 1.82) is 0 Å². The van der Waals surface area contributed by atoms with E-state index in [1.807, 2.05) is 0 Å². The molecule has 0 aromatic carbocycles. The summed E-state index contributed by atoms with van der Waals surface area (Å²) in [5, 5.41) is 11.9. The molecule has 100 valence electrons. The van der Waals surface area contributed by atoms with Crippen LogP contribution < -0.4 is 5.32 Å². The van der Waals surface area contributed by atoms with Crippen molar-refractivity contribution in [3.05, 3.63) is 30.0 Å². The number of rotatable bonds is 5. The summed E-state index contributed by atoms with van der Waals surface area (Å²) in [4.78, 5) is 26.6. The zero-order valence-corrected chi connectivity index (χ0v) is 11.0. The van der Waals surface area contributed by atoms with Crippen LogP contribution in [0.5, 0.6) is 0 Å². The number of aromatic nitrogens is 3. The van der Waals surface area contributed by atoms with Gasteiger partial charge in [0.15, 0.2) is 0 Å². The molecule has 2 aromatic heterocycles. The summed E-state index contributed by atoms with van der Waals surface area (Å²) in [7, 11) is 0. The summed E-state index contributed by atoms with van der Waals surface area (Å²) in [6, 6.07) is 0. The fourth-order valence-electron chi connectivity index (χ4n) is 1.55. The molecule has 0 saturated carbocycles. The summed E-state index contributed by atoms with van der Waals surface area (Å²) in [5.41, 5.74) is 0.461. The van der Waals surface area contributed by atoms with Gasteiger partial charge in [0.05, 0.1) is 12.0 Å². The molecular weight excluding hydrogens is 268 g/mol. The molecule has 0 aliphatic carbocycles. The average molecular weight is 280 g/mol. The van der Waals surface area contributed by atoms with E-state index in [4.69, 9.17) is 5.11 Å². The molecule has 0 unspecified atom stereocenters. The molecule has 1 amide bonds. The van der Waals surface area contributed by atoms with Crippen molar-refractivity contribution in [1.82, 2.24) is 13.9 Å². The number of anilines is 1. The molecule has 7 nitrogen and oxygen atoms in total. The second kappa shape index (κ2) is 5.61. The van der Waals surface area contributed by atoms with Gasteiger partial charge in [0, 0.05) is 25.4 Å². The molecule has 2 heterocycles.